The topological polar surface area (TPSA) is 17.1 Å². The summed E-state index contributed by atoms with van der Waals surface area (Å²) in [5.74, 6) is 0.0484. The molecule has 1 nitrogen and oxygen atoms in total. The summed E-state index contributed by atoms with van der Waals surface area (Å²) in [5, 5.41) is 1.90. The predicted octanol–water partition coefficient (Wildman–Crippen LogP) is 3.00. The van der Waals surface area contributed by atoms with Gasteiger partial charge in [-0.2, -0.15) is 0 Å². The number of halogens is 1. The van der Waals surface area contributed by atoms with Crippen LogP contribution in [0.2, 0.25) is 4.34 Å². The van der Waals surface area contributed by atoms with Crippen molar-refractivity contribution in [2.45, 2.75) is 6.92 Å². The van der Waals surface area contributed by atoms with Crippen LogP contribution < -0.4 is 0 Å². The minimum Gasteiger partial charge on any atom is -0.295 e. The molecule has 0 amide bonds. The van der Waals surface area contributed by atoms with Crippen molar-refractivity contribution in [1.82, 2.24) is 0 Å². The van der Waals surface area contributed by atoms with Gasteiger partial charge < -0.3 is 0 Å². The molecule has 11 heavy (non-hydrogen) atoms. The zero-order chi connectivity index (χ0) is 8.27. The standard InChI is InChI=1S/C8H7ClOS/c1-6(10)2-3-7-4-8(9)11-5-7/h2-5H,1H3/b3-2+. The number of allylic oxidation sites excluding steroid dienone is 1. The summed E-state index contributed by atoms with van der Waals surface area (Å²) in [6.07, 6.45) is 3.28. The van der Waals surface area contributed by atoms with Gasteiger partial charge in [0.1, 0.15) is 0 Å². The molecule has 0 saturated carbocycles. The highest BCUT2D eigenvalue weighted by atomic mass is 35.5. The van der Waals surface area contributed by atoms with E-state index in [2.05, 4.69) is 0 Å². The molecule has 0 spiro atoms. The number of thiophene rings is 1. The van der Waals surface area contributed by atoms with Gasteiger partial charge in [0.2, 0.25) is 0 Å². The fourth-order valence-corrected chi connectivity index (χ4v) is 1.48. The lowest BCUT2D eigenvalue weighted by molar-refractivity contribution is -0.112. The molecule has 1 aromatic heterocycles. The summed E-state index contributed by atoms with van der Waals surface area (Å²) in [5.41, 5.74) is 0.982. The van der Waals surface area contributed by atoms with Crippen molar-refractivity contribution in [2.24, 2.45) is 0 Å². The number of hydrogen-bond acceptors (Lipinski definition) is 2. The van der Waals surface area contributed by atoms with Gasteiger partial charge in [0.15, 0.2) is 5.78 Å². The van der Waals surface area contributed by atoms with Crippen molar-refractivity contribution < 1.29 is 4.79 Å². The number of carbonyl (C=O) groups excluding carboxylic acids is 1. The molecule has 0 N–H and O–H groups in total. The molecule has 0 radical (unpaired) electrons. The average molecular weight is 187 g/mol. The van der Waals surface area contributed by atoms with Crippen molar-refractivity contribution in [3.63, 3.8) is 0 Å². The van der Waals surface area contributed by atoms with Crippen LogP contribution in [-0.4, -0.2) is 5.78 Å². The third-order valence-electron chi connectivity index (χ3n) is 1.10. The van der Waals surface area contributed by atoms with Crippen molar-refractivity contribution in [2.75, 3.05) is 0 Å². The molecule has 0 aliphatic heterocycles. The molecule has 0 saturated heterocycles. The largest absolute Gasteiger partial charge is 0.295 e. The molecule has 0 unspecified atom stereocenters. The monoisotopic (exact) mass is 186 g/mol. The van der Waals surface area contributed by atoms with Gasteiger partial charge in [-0.05, 0) is 30.0 Å². The first-order valence-corrected chi connectivity index (χ1v) is 4.37. The zero-order valence-corrected chi connectivity index (χ0v) is 7.58. The van der Waals surface area contributed by atoms with E-state index in [1.54, 1.807) is 6.08 Å². The number of hydrogen-bond donors (Lipinski definition) is 0. The number of rotatable bonds is 2. The Balaban J connectivity index is 2.71. The highest BCUT2D eigenvalue weighted by molar-refractivity contribution is 7.14. The van der Waals surface area contributed by atoms with Gasteiger partial charge >= 0.3 is 0 Å². The second-order valence-corrected chi connectivity index (χ2v) is 3.67. The maximum absolute atomic E-state index is 10.5. The molecule has 1 heterocycles. The van der Waals surface area contributed by atoms with E-state index < -0.39 is 0 Å². The minimum absolute atomic E-state index is 0.0484. The van der Waals surface area contributed by atoms with Gasteiger partial charge in [-0.25, -0.2) is 0 Å². The third kappa shape index (κ3) is 2.87. The lowest BCUT2D eigenvalue weighted by atomic mass is 10.3. The molecule has 0 aromatic carbocycles. The van der Waals surface area contributed by atoms with Gasteiger partial charge in [0.05, 0.1) is 4.34 Å². The van der Waals surface area contributed by atoms with Crippen LogP contribution >= 0.6 is 22.9 Å². The Hall–Kier alpha value is -0.600. The summed E-state index contributed by atoms with van der Waals surface area (Å²) in [4.78, 5) is 10.5. The molecule has 1 rings (SSSR count). The highest BCUT2D eigenvalue weighted by Gasteiger charge is 1.92. The van der Waals surface area contributed by atoms with E-state index in [-0.39, 0.29) is 5.78 Å². The maximum atomic E-state index is 10.5. The van der Waals surface area contributed by atoms with Crippen LogP contribution in [0.25, 0.3) is 6.08 Å². The molecule has 58 valence electrons. The zero-order valence-electron chi connectivity index (χ0n) is 6.00. The first-order valence-electron chi connectivity index (χ1n) is 3.11. The maximum Gasteiger partial charge on any atom is 0.152 e. The van der Waals surface area contributed by atoms with E-state index in [9.17, 15) is 4.79 Å². The Kier molecular flexibility index (Phi) is 2.85. The average Bonchev–Trinajstić information content (AvgIpc) is 2.31. The molecule has 0 aliphatic carbocycles. The molecule has 3 heteroatoms. The van der Waals surface area contributed by atoms with Gasteiger partial charge in [-0.3, -0.25) is 4.79 Å². The van der Waals surface area contributed by atoms with Gasteiger partial charge in [0.25, 0.3) is 0 Å². The Morgan fingerprint density at radius 3 is 2.91 bits per heavy atom. The Morgan fingerprint density at radius 2 is 2.45 bits per heavy atom. The Labute approximate surface area is 74.3 Å². The minimum atomic E-state index is 0.0484. The first kappa shape index (κ1) is 8.50. The third-order valence-corrected chi connectivity index (χ3v) is 2.21. The molecule has 1 aromatic rings. The molecule has 0 bridgehead atoms. The van der Waals surface area contributed by atoms with Crippen LogP contribution in [0, 0.1) is 0 Å². The fraction of sp³-hybridized carbons (Fsp3) is 0.125. The van der Waals surface area contributed by atoms with E-state index >= 15 is 0 Å². The van der Waals surface area contributed by atoms with Gasteiger partial charge in [-0.15, -0.1) is 11.3 Å². The lowest BCUT2D eigenvalue weighted by Crippen LogP contribution is -1.78. The van der Waals surface area contributed by atoms with Crippen LogP contribution in [0.4, 0.5) is 0 Å². The smallest absolute Gasteiger partial charge is 0.152 e. The lowest BCUT2D eigenvalue weighted by Gasteiger charge is -1.79. The van der Waals surface area contributed by atoms with E-state index in [0.717, 1.165) is 9.90 Å². The van der Waals surface area contributed by atoms with Gasteiger partial charge in [0, 0.05) is 0 Å². The Morgan fingerprint density at radius 1 is 1.73 bits per heavy atom. The van der Waals surface area contributed by atoms with Crippen molar-refractivity contribution in [3.8, 4) is 0 Å². The van der Waals surface area contributed by atoms with Crippen LogP contribution in [0.15, 0.2) is 17.5 Å². The summed E-state index contributed by atoms with van der Waals surface area (Å²) in [6.45, 7) is 1.52. The van der Waals surface area contributed by atoms with Crippen LogP contribution in [0.1, 0.15) is 12.5 Å². The van der Waals surface area contributed by atoms with Gasteiger partial charge in [-0.1, -0.05) is 17.7 Å². The summed E-state index contributed by atoms with van der Waals surface area (Å²) in [7, 11) is 0. The van der Waals surface area contributed by atoms with E-state index in [1.807, 2.05) is 11.4 Å². The van der Waals surface area contributed by atoms with Crippen molar-refractivity contribution >= 4 is 34.8 Å². The fourth-order valence-electron chi connectivity index (χ4n) is 0.624. The van der Waals surface area contributed by atoms with Crippen LogP contribution in [0.3, 0.4) is 0 Å². The predicted molar refractivity (Wildman–Crippen MR) is 49.0 cm³/mol. The second kappa shape index (κ2) is 3.69. The molecular formula is C8H7ClOS. The summed E-state index contributed by atoms with van der Waals surface area (Å²) < 4.78 is 0.744. The Bertz CT molecular complexity index is 288. The second-order valence-electron chi connectivity index (χ2n) is 2.13. The molecular weight excluding hydrogens is 180 g/mol. The van der Waals surface area contributed by atoms with Crippen molar-refractivity contribution in [1.29, 1.82) is 0 Å². The van der Waals surface area contributed by atoms with E-state index in [1.165, 1.54) is 24.3 Å². The summed E-state index contributed by atoms with van der Waals surface area (Å²) >= 11 is 7.13. The summed E-state index contributed by atoms with van der Waals surface area (Å²) in [6, 6.07) is 1.83. The highest BCUT2D eigenvalue weighted by Crippen LogP contribution is 2.20. The SMILES string of the molecule is CC(=O)/C=C/c1csc(Cl)c1. The van der Waals surface area contributed by atoms with Crippen molar-refractivity contribution in [3.05, 3.63) is 27.4 Å². The van der Waals surface area contributed by atoms with E-state index in [0.29, 0.717) is 0 Å². The molecule has 0 atom stereocenters. The molecule has 0 aliphatic rings. The van der Waals surface area contributed by atoms with Crippen LogP contribution in [0.5, 0.6) is 0 Å². The quantitative estimate of drug-likeness (QED) is 0.649. The first-order chi connectivity index (χ1) is 5.18. The van der Waals surface area contributed by atoms with E-state index in [4.69, 9.17) is 11.6 Å². The van der Waals surface area contributed by atoms with Crippen LogP contribution in [-0.2, 0) is 4.79 Å². The normalized spacial score (nSPS) is 10.7. The molecule has 0 fully saturated rings. The number of ketones is 1. The number of carbonyl (C=O) groups is 1.